The molecule has 0 amide bonds. The van der Waals surface area contributed by atoms with Crippen molar-refractivity contribution in [2.24, 2.45) is 0 Å². The van der Waals surface area contributed by atoms with Crippen LogP contribution < -0.4 is 14.2 Å². The van der Waals surface area contributed by atoms with Gasteiger partial charge in [0.2, 0.25) is 0 Å². The second-order valence-corrected chi connectivity index (χ2v) is 8.18. The lowest BCUT2D eigenvalue weighted by Crippen LogP contribution is -2.27. The van der Waals surface area contributed by atoms with Crippen molar-refractivity contribution in [3.63, 3.8) is 0 Å². The lowest BCUT2D eigenvalue weighted by atomic mass is 9.94. The van der Waals surface area contributed by atoms with Crippen LogP contribution in [-0.2, 0) is 6.42 Å². The summed E-state index contributed by atoms with van der Waals surface area (Å²) in [5.41, 5.74) is 7.54. The maximum Gasteiger partial charge on any atom is 0.119 e. The zero-order valence-electron chi connectivity index (χ0n) is 20.1. The fraction of sp³-hybridized carbons (Fsp3) is 0.310. The Labute approximate surface area is 197 Å². The van der Waals surface area contributed by atoms with Crippen LogP contribution in [0.25, 0.3) is 11.1 Å². The van der Waals surface area contributed by atoms with Gasteiger partial charge in [-0.25, -0.2) is 0 Å². The third kappa shape index (κ3) is 5.07. The fourth-order valence-corrected chi connectivity index (χ4v) is 4.45. The summed E-state index contributed by atoms with van der Waals surface area (Å²) in [6, 6.07) is 23.2. The van der Waals surface area contributed by atoms with E-state index >= 15 is 0 Å². The first-order valence-electron chi connectivity index (χ1n) is 11.7. The minimum absolute atomic E-state index is 0.698. The molecule has 4 nitrogen and oxygen atoms in total. The average Bonchev–Trinajstić information content (AvgIpc) is 3.25. The van der Waals surface area contributed by atoms with E-state index in [0.29, 0.717) is 6.61 Å². The van der Waals surface area contributed by atoms with Gasteiger partial charge >= 0.3 is 0 Å². The number of hydrogen-bond donors (Lipinski definition) is 0. The van der Waals surface area contributed by atoms with Crippen LogP contribution in [0.2, 0.25) is 0 Å². The third-order valence-corrected chi connectivity index (χ3v) is 6.40. The molecule has 0 aliphatic heterocycles. The van der Waals surface area contributed by atoms with Crippen LogP contribution in [-0.4, -0.2) is 45.4 Å². The first kappa shape index (κ1) is 22.9. The molecular formula is C29H33NO3. The Morgan fingerprint density at radius 2 is 1.33 bits per heavy atom. The molecule has 0 fully saturated rings. The van der Waals surface area contributed by atoms with Crippen molar-refractivity contribution in [3.05, 3.63) is 89.0 Å². The van der Waals surface area contributed by atoms with Gasteiger partial charge in [0.1, 0.15) is 23.9 Å². The molecule has 0 heterocycles. The highest BCUT2D eigenvalue weighted by Gasteiger charge is 2.24. The van der Waals surface area contributed by atoms with E-state index in [1.807, 2.05) is 18.2 Å². The second-order valence-electron chi connectivity index (χ2n) is 8.18. The summed E-state index contributed by atoms with van der Waals surface area (Å²) in [4.78, 5) is 2.37. The number of likely N-dealkylation sites (N-methyl/N-ethyl adjacent to an activating group) is 1. The van der Waals surface area contributed by atoms with Gasteiger partial charge in [-0.05, 0) is 89.3 Å². The van der Waals surface area contributed by atoms with Crippen molar-refractivity contribution in [1.29, 1.82) is 0 Å². The Kier molecular flexibility index (Phi) is 7.36. The summed E-state index contributed by atoms with van der Waals surface area (Å²) in [5, 5.41) is 0. The highest BCUT2D eigenvalue weighted by Crippen LogP contribution is 2.43. The van der Waals surface area contributed by atoms with Crippen molar-refractivity contribution in [1.82, 2.24) is 4.90 Å². The number of ether oxygens (including phenoxy) is 3. The van der Waals surface area contributed by atoms with E-state index in [-0.39, 0.29) is 0 Å². The van der Waals surface area contributed by atoms with Gasteiger partial charge in [0.25, 0.3) is 0 Å². The summed E-state index contributed by atoms with van der Waals surface area (Å²) in [6.45, 7) is 8.10. The lowest BCUT2D eigenvalue weighted by Gasteiger charge is -2.18. The standard InChI is InChI=1S/C29H33NO3/c1-5-30(6-2)17-18-33-25-13-9-22(10-14-25)29-27-16-15-26(32-4)19-23(27)20-28(29)21-7-11-24(31-3)12-8-21/h7-16,19H,5-6,17-18,20H2,1-4H3. The van der Waals surface area contributed by atoms with Gasteiger partial charge in [-0.1, -0.05) is 44.2 Å². The van der Waals surface area contributed by atoms with Gasteiger partial charge in [-0.15, -0.1) is 0 Å². The minimum atomic E-state index is 0.698. The highest BCUT2D eigenvalue weighted by atomic mass is 16.5. The molecule has 0 spiro atoms. The maximum absolute atomic E-state index is 6.01. The number of methoxy groups -OCH3 is 2. The molecule has 0 atom stereocenters. The van der Waals surface area contributed by atoms with Gasteiger partial charge in [-0.2, -0.15) is 0 Å². The zero-order valence-corrected chi connectivity index (χ0v) is 20.1. The third-order valence-electron chi connectivity index (χ3n) is 6.40. The van der Waals surface area contributed by atoms with Crippen LogP contribution >= 0.6 is 0 Å². The molecule has 0 N–H and O–H groups in total. The Morgan fingerprint density at radius 3 is 1.97 bits per heavy atom. The van der Waals surface area contributed by atoms with E-state index in [0.717, 1.165) is 43.3 Å². The summed E-state index contributed by atoms with van der Waals surface area (Å²) in [6.07, 6.45) is 0.871. The molecule has 0 aromatic heterocycles. The Bertz CT molecular complexity index is 1100. The molecular weight excluding hydrogens is 410 g/mol. The largest absolute Gasteiger partial charge is 0.497 e. The number of rotatable bonds is 10. The molecule has 0 bridgehead atoms. The van der Waals surface area contributed by atoms with E-state index in [2.05, 4.69) is 67.3 Å². The number of benzene rings is 3. The lowest BCUT2D eigenvalue weighted by molar-refractivity contribution is 0.223. The minimum Gasteiger partial charge on any atom is -0.497 e. The van der Waals surface area contributed by atoms with Crippen LogP contribution in [0.1, 0.15) is 36.1 Å². The van der Waals surface area contributed by atoms with E-state index in [1.54, 1.807) is 14.2 Å². The summed E-state index contributed by atoms with van der Waals surface area (Å²) in [5.74, 6) is 2.66. The molecule has 0 radical (unpaired) electrons. The molecule has 0 saturated carbocycles. The first-order chi connectivity index (χ1) is 16.2. The van der Waals surface area contributed by atoms with Crippen LogP contribution in [0, 0.1) is 0 Å². The normalized spacial score (nSPS) is 12.8. The topological polar surface area (TPSA) is 30.9 Å². The second kappa shape index (κ2) is 10.6. The predicted octanol–water partition coefficient (Wildman–Crippen LogP) is 5.94. The van der Waals surface area contributed by atoms with Crippen molar-refractivity contribution >= 4 is 11.1 Å². The molecule has 1 aliphatic carbocycles. The van der Waals surface area contributed by atoms with Crippen LogP contribution in [0.5, 0.6) is 17.2 Å². The number of hydrogen-bond acceptors (Lipinski definition) is 4. The average molecular weight is 444 g/mol. The SMILES string of the molecule is CCN(CC)CCOc1ccc(C2=C(c3ccc(OC)cc3)Cc3cc(OC)ccc32)cc1. The predicted molar refractivity (Wildman–Crippen MR) is 135 cm³/mol. The number of allylic oxidation sites excluding steroid dienone is 1. The van der Waals surface area contributed by atoms with Crippen LogP contribution in [0.4, 0.5) is 0 Å². The van der Waals surface area contributed by atoms with Crippen molar-refractivity contribution < 1.29 is 14.2 Å². The monoisotopic (exact) mass is 443 g/mol. The molecule has 172 valence electrons. The summed E-state index contributed by atoms with van der Waals surface area (Å²) < 4.78 is 16.8. The Hall–Kier alpha value is -3.24. The number of fused-ring (bicyclic) bond motifs is 1. The Morgan fingerprint density at radius 1 is 0.727 bits per heavy atom. The van der Waals surface area contributed by atoms with E-state index < -0.39 is 0 Å². The van der Waals surface area contributed by atoms with Crippen molar-refractivity contribution in [3.8, 4) is 17.2 Å². The molecule has 0 unspecified atom stereocenters. The van der Waals surface area contributed by atoms with E-state index in [4.69, 9.17) is 14.2 Å². The Balaban J connectivity index is 1.64. The molecule has 3 aromatic rings. The molecule has 0 saturated heterocycles. The quantitative estimate of drug-likeness (QED) is 0.388. The molecule has 4 rings (SSSR count). The van der Waals surface area contributed by atoms with Gasteiger partial charge < -0.3 is 19.1 Å². The van der Waals surface area contributed by atoms with E-state index in [9.17, 15) is 0 Å². The summed E-state index contributed by atoms with van der Waals surface area (Å²) >= 11 is 0. The molecule has 1 aliphatic rings. The smallest absolute Gasteiger partial charge is 0.119 e. The molecule has 4 heteroatoms. The van der Waals surface area contributed by atoms with E-state index in [1.165, 1.54) is 33.4 Å². The number of nitrogens with zero attached hydrogens (tertiary/aromatic N) is 1. The van der Waals surface area contributed by atoms with Crippen LogP contribution in [0.15, 0.2) is 66.7 Å². The molecule has 3 aromatic carbocycles. The van der Waals surface area contributed by atoms with Crippen molar-refractivity contribution in [2.45, 2.75) is 20.3 Å². The highest BCUT2D eigenvalue weighted by molar-refractivity contribution is 6.03. The van der Waals surface area contributed by atoms with Crippen molar-refractivity contribution in [2.75, 3.05) is 40.5 Å². The van der Waals surface area contributed by atoms with Gasteiger partial charge in [0.05, 0.1) is 14.2 Å². The maximum atomic E-state index is 6.01. The first-order valence-corrected chi connectivity index (χ1v) is 11.7. The summed E-state index contributed by atoms with van der Waals surface area (Å²) in [7, 11) is 3.41. The fourth-order valence-electron chi connectivity index (χ4n) is 4.45. The van der Waals surface area contributed by atoms with Gasteiger partial charge in [-0.3, -0.25) is 0 Å². The molecule has 33 heavy (non-hydrogen) atoms. The van der Waals surface area contributed by atoms with Gasteiger partial charge in [0, 0.05) is 6.54 Å². The van der Waals surface area contributed by atoms with Gasteiger partial charge in [0.15, 0.2) is 0 Å². The van der Waals surface area contributed by atoms with Crippen LogP contribution in [0.3, 0.4) is 0 Å². The zero-order chi connectivity index (χ0) is 23.2.